The van der Waals surface area contributed by atoms with E-state index in [0.29, 0.717) is 12.0 Å². The van der Waals surface area contributed by atoms with E-state index in [1.54, 1.807) is 0 Å². The van der Waals surface area contributed by atoms with Crippen LogP contribution >= 0.6 is 0 Å². The summed E-state index contributed by atoms with van der Waals surface area (Å²) in [5.74, 6) is 0.373. The molecule has 3 atom stereocenters. The molecule has 1 rings (SSSR count). The Morgan fingerprint density at radius 3 is 2.81 bits per heavy atom. The largest absolute Gasteiger partial charge is 0.450 e. The predicted molar refractivity (Wildman–Crippen MR) is 61.7 cm³/mol. The normalized spacial score (nSPS) is 29.3. The Kier molecular flexibility index (Phi) is 5.77. The molecule has 3 unspecified atom stereocenters. The molecule has 0 spiro atoms. The lowest BCUT2D eigenvalue weighted by molar-refractivity contribution is -0.143. The molecule has 0 aromatic rings. The van der Waals surface area contributed by atoms with Crippen LogP contribution < -0.4 is 5.32 Å². The Hall–Kier alpha value is -0.610. The maximum absolute atomic E-state index is 10.6. The van der Waals surface area contributed by atoms with Gasteiger partial charge in [0, 0.05) is 6.92 Å². The second-order valence-electron chi connectivity index (χ2n) is 4.34. The van der Waals surface area contributed by atoms with E-state index in [0.717, 1.165) is 25.7 Å². The summed E-state index contributed by atoms with van der Waals surface area (Å²) < 4.78 is 10.7. The van der Waals surface area contributed by atoms with Crippen LogP contribution in [-0.2, 0) is 14.3 Å². The van der Waals surface area contributed by atoms with Gasteiger partial charge < -0.3 is 9.47 Å². The molecule has 0 aliphatic carbocycles. The first kappa shape index (κ1) is 13.5. The van der Waals surface area contributed by atoms with Gasteiger partial charge in [0.25, 0.3) is 0 Å². The minimum Gasteiger partial charge on any atom is -0.450 e. The third kappa shape index (κ3) is 4.10. The van der Waals surface area contributed by atoms with Crippen molar-refractivity contribution in [2.75, 3.05) is 6.73 Å². The molecule has 16 heavy (non-hydrogen) atoms. The van der Waals surface area contributed by atoms with Crippen molar-refractivity contribution in [2.45, 2.75) is 58.8 Å². The molecule has 0 aromatic heterocycles. The third-order valence-corrected chi connectivity index (χ3v) is 3.07. The summed E-state index contributed by atoms with van der Waals surface area (Å²) in [5, 5.41) is 3.10. The van der Waals surface area contributed by atoms with Crippen LogP contribution in [0.5, 0.6) is 0 Å². The molecule has 1 saturated heterocycles. The van der Waals surface area contributed by atoms with Crippen LogP contribution in [0.3, 0.4) is 0 Å². The lowest BCUT2D eigenvalue weighted by atomic mass is 9.95. The number of nitrogens with one attached hydrogen (secondary N) is 1. The molecule has 0 radical (unpaired) electrons. The molecule has 1 heterocycles. The molecule has 0 aromatic carbocycles. The summed E-state index contributed by atoms with van der Waals surface area (Å²) >= 11 is 0. The average molecular weight is 229 g/mol. The second-order valence-corrected chi connectivity index (χ2v) is 4.34. The monoisotopic (exact) mass is 229 g/mol. The molecular weight excluding hydrogens is 206 g/mol. The maximum atomic E-state index is 10.6. The number of hydrogen-bond acceptors (Lipinski definition) is 4. The summed E-state index contributed by atoms with van der Waals surface area (Å²) in [6.07, 6.45) is 4.84. The van der Waals surface area contributed by atoms with Crippen LogP contribution in [0, 0.1) is 5.92 Å². The standard InChI is InChI=1S/C12H23NO3/c1-4-6-11-10(5-2)7-12(16-11)13-8-15-9(3)14/h10-13H,4-8H2,1-3H3. The van der Waals surface area contributed by atoms with Crippen LogP contribution in [-0.4, -0.2) is 25.0 Å². The molecule has 1 aliphatic heterocycles. The summed E-state index contributed by atoms with van der Waals surface area (Å²) in [5.41, 5.74) is 0. The van der Waals surface area contributed by atoms with E-state index in [1.165, 1.54) is 6.92 Å². The highest BCUT2D eigenvalue weighted by Gasteiger charge is 2.32. The molecule has 1 fully saturated rings. The number of carbonyl (C=O) groups excluding carboxylic acids is 1. The topological polar surface area (TPSA) is 47.6 Å². The fourth-order valence-corrected chi connectivity index (χ4v) is 2.19. The highest BCUT2D eigenvalue weighted by Crippen LogP contribution is 2.30. The van der Waals surface area contributed by atoms with Crippen molar-refractivity contribution in [2.24, 2.45) is 5.92 Å². The van der Waals surface area contributed by atoms with Gasteiger partial charge in [-0.15, -0.1) is 0 Å². The van der Waals surface area contributed by atoms with Gasteiger partial charge in [-0.05, 0) is 18.8 Å². The summed E-state index contributed by atoms with van der Waals surface area (Å²) in [6.45, 7) is 6.03. The molecule has 1 aliphatic rings. The van der Waals surface area contributed by atoms with Gasteiger partial charge in [0.2, 0.25) is 0 Å². The van der Waals surface area contributed by atoms with Gasteiger partial charge >= 0.3 is 5.97 Å². The average Bonchev–Trinajstić information content (AvgIpc) is 2.61. The van der Waals surface area contributed by atoms with Gasteiger partial charge in [0.05, 0.1) is 6.10 Å². The zero-order valence-electron chi connectivity index (χ0n) is 10.5. The van der Waals surface area contributed by atoms with E-state index < -0.39 is 0 Å². The van der Waals surface area contributed by atoms with Crippen LogP contribution in [0.1, 0.15) is 46.5 Å². The van der Waals surface area contributed by atoms with Gasteiger partial charge in [-0.2, -0.15) is 0 Å². The molecule has 1 N–H and O–H groups in total. The van der Waals surface area contributed by atoms with Gasteiger partial charge in [-0.3, -0.25) is 10.1 Å². The molecule has 94 valence electrons. The first-order valence-electron chi connectivity index (χ1n) is 6.19. The van der Waals surface area contributed by atoms with E-state index in [-0.39, 0.29) is 18.9 Å². The molecule has 0 amide bonds. The third-order valence-electron chi connectivity index (χ3n) is 3.07. The van der Waals surface area contributed by atoms with Crippen molar-refractivity contribution >= 4 is 5.97 Å². The minimum absolute atomic E-state index is 0.0425. The van der Waals surface area contributed by atoms with Crippen molar-refractivity contribution in [3.05, 3.63) is 0 Å². The second kappa shape index (κ2) is 6.86. The number of hydrogen-bond donors (Lipinski definition) is 1. The van der Waals surface area contributed by atoms with E-state index in [9.17, 15) is 4.79 Å². The fraction of sp³-hybridized carbons (Fsp3) is 0.917. The smallest absolute Gasteiger partial charge is 0.303 e. The SMILES string of the molecule is CCCC1OC(NCOC(C)=O)CC1CC. The Morgan fingerprint density at radius 2 is 2.25 bits per heavy atom. The zero-order chi connectivity index (χ0) is 12.0. The van der Waals surface area contributed by atoms with Crippen molar-refractivity contribution < 1.29 is 14.3 Å². The van der Waals surface area contributed by atoms with Crippen molar-refractivity contribution in [1.29, 1.82) is 0 Å². The van der Waals surface area contributed by atoms with E-state index in [1.807, 2.05) is 0 Å². The zero-order valence-corrected chi connectivity index (χ0v) is 10.5. The summed E-state index contributed by atoms with van der Waals surface area (Å²) in [6, 6.07) is 0. The first-order valence-corrected chi connectivity index (χ1v) is 6.19. The number of esters is 1. The predicted octanol–water partition coefficient (Wildman–Crippen LogP) is 2.04. The Balaban J connectivity index is 2.27. The Labute approximate surface area is 97.7 Å². The van der Waals surface area contributed by atoms with Crippen molar-refractivity contribution in [1.82, 2.24) is 5.32 Å². The summed E-state index contributed by atoms with van der Waals surface area (Å²) in [7, 11) is 0. The van der Waals surface area contributed by atoms with Gasteiger partial charge in [0.1, 0.15) is 13.0 Å². The first-order chi connectivity index (χ1) is 7.67. The van der Waals surface area contributed by atoms with Crippen LogP contribution in [0.2, 0.25) is 0 Å². The minimum atomic E-state index is -0.261. The molecule has 4 nitrogen and oxygen atoms in total. The molecule has 0 bridgehead atoms. The van der Waals surface area contributed by atoms with Crippen LogP contribution in [0.4, 0.5) is 0 Å². The Bertz CT molecular complexity index is 220. The number of carbonyl (C=O) groups is 1. The highest BCUT2D eigenvalue weighted by atomic mass is 16.6. The number of ether oxygens (including phenoxy) is 2. The van der Waals surface area contributed by atoms with Crippen molar-refractivity contribution in [3.8, 4) is 0 Å². The van der Waals surface area contributed by atoms with Gasteiger partial charge in [-0.25, -0.2) is 0 Å². The highest BCUT2D eigenvalue weighted by molar-refractivity contribution is 5.65. The summed E-state index contributed by atoms with van der Waals surface area (Å²) in [4.78, 5) is 10.6. The quantitative estimate of drug-likeness (QED) is 0.559. The maximum Gasteiger partial charge on any atom is 0.303 e. The lowest BCUT2D eigenvalue weighted by Crippen LogP contribution is -2.31. The molecule has 4 heteroatoms. The lowest BCUT2D eigenvalue weighted by Gasteiger charge is -2.16. The van der Waals surface area contributed by atoms with Crippen molar-refractivity contribution in [3.63, 3.8) is 0 Å². The molecule has 0 saturated carbocycles. The fourth-order valence-electron chi connectivity index (χ4n) is 2.19. The molecular formula is C12H23NO3. The Morgan fingerprint density at radius 1 is 1.50 bits per heavy atom. The van der Waals surface area contributed by atoms with Crippen LogP contribution in [0.15, 0.2) is 0 Å². The van der Waals surface area contributed by atoms with Gasteiger partial charge in [0.15, 0.2) is 0 Å². The van der Waals surface area contributed by atoms with E-state index in [4.69, 9.17) is 9.47 Å². The van der Waals surface area contributed by atoms with Crippen LogP contribution in [0.25, 0.3) is 0 Å². The van der Waals surface area contributed by atoms with E-state index in [2.05, 4.69) is 19.2 Å². The van der Waals surface area contributed by atoms with Gasteiger partial charge in [-0.1, -0.05) is 26.7 Å². The van der Waals surface area contributed by atoms with E-state index >= 15 is 0 Å². The number of rotatable bonds is 6.